The standard InChI is InChI=1S/C18H20BrNO/c1-2-17-13-20(11-14-6-5-8-16(19)10-14)12-15-7-3-4-9-18(15)21-17/h3-10,17H,2,11-13H2,1H3. The summed E-state index contributed by atoms with van der Waals surface area (Å²) >= 11 is 3.55. The maximum atomic E-state index is 6.15. The third kappa shape index (κ3) is 3.66. The highest BCUT2D eigenvalue weighted by atomic mass is 79.9. The molecule has 0 N–H and O–H groups in total. The van der Waals surface area contributed by atoms with Crippen molar-refractivity contribution in [3.8, 4) is 5.75 Å². The fraction of sp³-hybridized carbons (Fsp3) is 0.333. The molecule has 110 valence electrons. The Balaban J connectivity index is 1.82. The molecule has 1 heterocycles. The summed E-state index contributed by atoms with van der Waals surface area (Å²) in [5, 5.41) is 0. The lowest BCUT2D eigenvalue weighted by Gasteiger charge is -2.23. The number of hydrogen-bond donors (Lipinski definition) is 0. The molecule has 3 heteroatoms. The van der Waals surface area contributed by atoms with Crippen molar-refractivity contribution < 1.29 is 4.74 Å². The van der Waals surface area contributed by atoms with Crippen molar-refractivity contribution >= 4 is 15.9 Å². The van der Waals surface area contributed by atoms with Crippen LogP contribution in [0.4, 0.5) is 0 Å². The minimum absolute atomic E-state index is 0.265. The van der Waals surface area contributed by atoms with Gasteiger partial charge in [0.25, 0.3) is 0 Å². The number of ether oxygens (including phenoxy) is 1. The third-order valence-corrected chi connectivity index (χ3v) is 4.37. The maximum Gasteiger partial charge on any atom is 0.124 e. The Kier molecular flexibility index (Phi) is 4.61. The van der Waals surface area contributed by atoms with Crippen LogP contribution in [0.15, 0.2) is 53.0 Å². The predicted molar refractivity (Wildman–Crippen MR) is 89.4 cm³/mol. The average Bonchev–Trinajstić information content (AvgIpc) is 2.65. The molecule has 21 heavy (non-hydrogen) atoms. The van der Waals surface area contributed by atoms with Crippen LogP contribution in [0, 0.1) is 0 Å². The van der Waals surface area contributed by atoms with E-state index >= 15 is 0 Å². The van der Waals surface area contributed by atoms with Crippen LogP contribution < -0.4 is 4.74 Å². The molecule has 0 saturated heterocycles. The van der Waals surface area contributed by atoms with Gasteiger partial charge in [0.15, 0.2) is 0 Å². The molecular weight excluding hydrogens is 326 g/mol. The molecule has 0 aromatic heterocycles. The normalized spacial score (nSPS) is 18.7. The molecule has 1 aliphatic rings. The fourth-order valence-electron chi connectivity index (χ4n) is 2.79. The Morgan fingerprint density at radius 3 is 2.86 bits per heavy atom. The Labute approximate surface area is 134 Å². The van der Waals surface area contributed by atoms with E-state index in [2.05, 4.69) is 76.3 Å². The zero-order valence-corrected chi connectivity index (χ0v) is 13.8. The highest BCUT2D eigenvalue weighted by Crippen LogP contribution is 2.26. The van der Waals surface area contributed by atoms with Crippen molar-refractivity contribution in [3.05, 3.63) is 64.1 Å². The molecule has 2 nitrogen and oxygen atoms in total. The fourth-order valence-corrected chi connectivity index (χ4v) is 3.23. The van der Waals surface area contributed by atoms with Gasteiger partial charge in [-0.3, -0.25) is 4.90 Å². The summed E-state index contributed by atoms with van der Waals surface area (Å²) in [7, 11) is 0. The van der Waals surface area contributed by atoms with Crippen LogP contribution in [-0.2, 0) is 13.1 Å². The zero-order chi connectivity index (χ0) is 14.7. The first-order chi connectivity index (χ1) is 10.2. The topological polar surface area (TPSA) is 12.5 Å². The molecule has 0 aliphatic carbocycles. The molecule has 2 aromatic carbocycles. The van der Waals surface area contributed by atoms with Crippen LogP contribution in [0.3, 0.4) is 0 Å². The lowest BCUT2D eigenvalue weighted by atomic mass is 10.1. The first kappa shape index (κ1) is 14.6. The second-order valence-corrected chi connectivity index (χ2v) is 6.47. The minimum Gasteiger partial charge on any atom is -0.489 e. The summed E-state index contributed by atoms with van der Waals surface area (Å²) in [4.78, 5) is 2.47. The molecular formula is C18H20BrNO. The largest absolute Gasteiger partial charge is 0.489 e. The first-order valence-electron chi connectivity index (χ1n) is 7.46. The number of hydrogen-bond acceptors (Lipinski definition) is 2. The van der Waals surface area contributed by atoms with Crippen LogP contribution in [-0.4, -0.2) is 17.5 Å². The summed E-state index contributed by atoms with van der Waals surface area (Å²) in [6.45, 7) is 5.06. The van der Waals surface area contributed by atoms with Gasteiger partial charge < -0.3 is 4.74 Å². The van der Waals surface area contributed by atoms with E-state index < -0.39 is 0 Å². The van der Waals surface area contributed by atoms with Crippen molar-refractivity contribution in [2.45, 2.75) is 32.5 Å². The van der Waals surface area contributed by atoms with E-state index in [0.717, 1.165) is 36.3 Å². The number of nitrogens with zero attached hydrogens (tertiary/aromatic N) is 1. The molecule has 1 atom stereocenters. The van der Waals surface area contributed by atoms with Gasteiger partial charge >= 0.3 is 0 Å². The van der Waals surface area contributed by atoms with E-state index in [-0.39, 0.29) is 6.10 Å². The second kappa shape index (κ2) is 6.63. The van der Waals surface area contributed by atoms with Gasteiger partial charge in [-0.2, -0.15) is 0 Å². The number of rotatable bonds is 3. The smallest absolute Gasteiger partial charge is 0.124 e. The van der Waals surface area contributed by atoms with E-state index in [1.54, 1.807) is 0 Å². The number of halogens is 1. The molecule has 0 amide bonds. The van der Waals surface area contributed by atoms with Crippen LogP contribution in [0.5, 0.6) is 5.75 Å². The van der Waals surface area contributed by atoms with Gasteiger partial charge in [-0.25, -0.2) is 0 Å². The zero-order valence-electron chi connectivity index (χ0n) is 12.3. The van der Waals surface area contributed by atoms with E-state index in [9.17, 15) is 0 Å². The molecule has 0 fully saturated rings. The monoisotopic (exact) mass is 345 g/mol. The second-order valence-electron chi connectivity index (χ2n) is 5.56. The van der Waals surface area contributed by atoms with Crippen LogP contribution in [0.1, 0.15) is 24.5 Å². The SMILES string of the molecule is CCC1CN(Cc2cccc(Br)c2)Cc2ccccc2O1. The van der Waals surface area contributed by atoms with Crippen molar-refractivity contribution in [1.29, 1.82) is 0 Å². The highest BCUT2D eigenvalue weighted by molar-refractivity contribution is 9.10. The van der Waals surface area contributed by atoms with Crippen LogP contribution in [0.2, 0.25) is 0 Å². The van der Waals surface area contributed by atoms with Crippen molar-refractivity contribution in [2.24, 2.45) is 0 Å². The first-order valence-corrected chi connectivity index (χ1v) is 8.25. The van der Waals surface area contributed by atoms with Gasteiger partial charge in [0.1, 0.15) is 11.9 Å². The maximum absolute atomic E-state index is 6.15. The summed E-state index contributed by atoms with van der Waals surface area (Å²) in [5.74, 6) is 1.04. The molecule has 0 saturated carbocycles. The van der Waals surface area contributed by atoms with E-state index in [4.69, 9.17) is 4.74 Å². The molecule has 0 radical (unpaired) electrons. The number of benzene rings is 2. The lowest BCUT2D eigenvalue weighted by Crippen LogP contribution is -2.32. The van der Waals surface area contributed by atoms with Gasteiger partial charge in [0.2, 0.25) is 0 Å². The van der Waals surface area contributed by atoms with Gasteiger partial charge in [-0.15, -0.1) is 0 Å². The molecule has 1 unspecified atom stereocenters. The summed E-state index contributed by atoms with van der Waals surface area (Å²) < 4.78 is 7.28. The average molecular weight is 346 g/mol. The number of para-hydroxylation sites is 1. The van der Waals surface area contributed by atoms with Gasteiger partial charge in [0, 0.05) is 29.7 Å². The van der Waals surface area contributed by atoms with Crippen molar-refractivity contribution in [2.75, 3.05) is 6.54 Å². The van der Waals surface area contributed by atoms with Crippen LogP contribution in [0.25, 0.3) is 0 Å². The van der Waals surface area contributed by atoms with E-state index in [1.807, 2.05) is 0 Å². The molecule has 1 aliphatic heterocycles. The van der Waals surface area contributed by atoms with E-state index in [1.165, 1.54) is 11.1 Å². The minimum atomic E-state index is 0.265. The quantitative estimate of drug-likeness (QED) is 0.804. The lowest BCUT2D eigenvalue weighted by molar-refractivity contribution is 0.139. The Morgan fingerprint density at radius 2 is 2.05 bits per heavy atom. The highest BCUT2D eigenvalue weighted by Gasteiger charge is 2.21. The van der Waals surface area contributed by atoms with Crippen LogP contribution >= 0.6 is 15.9 Å². The Morgan fingerprint density at radius 1 is 1.19 bits per heavy atom. The predicted octanol–water partition coefficient (Wildman–Crippen LogP) is 4.62. The van der Waals surface area contributed by atoms with Crippen molar-refractivity contribution in [3.63, 3.8) is 0 Å². The molecule has 0 spiro atoms. The Bertz CT molecular complexity index is 614. The van der Waals surface area contributed by atoms with Gasteiger partial charge in [-0.1, -0.05) is 53.2 Å². The summed E-state index contributed by atoms with van der Waals surface area (Å²) in [6.07, 6.45) is 1.30. The molecule has 3 rings (SSSR count). The van der Waals surface area contributed by atoms with Gasteiger partial charge in [0.05, 0.1) is 0 Å². The van der Waals surface area contributed by atoms with E-state index in [0.29, 0.717) is 0 Å². The summed E-state index contributed by atoms with van der Waals surface area (Å²) in [5.41, 5.74) is 2.61. The third-order valence-electron chi connectivity index (χ3n) is 3.87. The summed E-state index contributed by atoms with van der Waals surface area (Å²) in [6, 6.07) is 16.9. The molecule has 0 bridgehead atoms. The molecule has 2 aromatic rings. The Hall–Kier alpha value is -1.32. The van der Waals surface area contributed by atoms with Crippen molar-refractivity contribution in [1.82, 2.24) is 4.90 Å². The van der Waals surface area contributed by atoms with Gasteiger partial charge in [-0.05, 0) is 30.2 Å². The number of fused-ring (bicyclic) bond motifs is 1.